The van der Waals surface area contributed by atoms with E-state index in [2.05, 4.69) is 10.6 Å². The molecular weight excluding hydrogens is 367 g/mol. The molecule has 2 aromatic rings. The molecular formula is C17H14F3N3O4. The van der Waals surface area contributed by atoms with Crippen LogP contribution in [-0.4, -0.2) is 29.3 Å². The Kier molecular flexibility index (Phi) is 4.42. The van der Waals surface area contributed by atoms with Gasteiger partial charge in [0.2, 0.25) is 5.91 Å². The number of benzene rings is 1. The molecule has 0 spiro atoms. The number of carbonyl (C=O) groups excluding carboxylic acids is 3. The average molecular weight is 381 g/mol. The van der Waals surface area contributed by atoms with Gasteiger partial charge >= 0.3 is 12.2 Å². The zero-order valence-corrected chi connectivity index (χ0v) is 14.0. The van der Waals surface area contributed by atoms with Gasteiger partial charge in [-0.25, -0.2) is 4.79 Å². The van der Waals surface area contributed by atoms with E-state index in [1.54, 1.807) is 6.07 Å². The molecule has 4 amide bonds. The summed E-state index contributed by atoms with van der Waals surface area (Å²) >= 11 is 0. The molecule has 0 saturated carbocycles. The van der Waals surface area contributed by atoms with Crippen LogP contribution in [0.3, 0.4) is 0 Å². The van der Waals surface area contributed by atoms with Crippen molar-refractivity contribution in [2.24, 2.45) is 0 Å². The van der Waals surface area contributed by atoms with Crippen molar-refractivity contribution < 1.29 is 32.0 Å². The van der Waals surface area contributed by atoms with Crippen LogP contribution in [0.1, 0.15) is 18.2 Å². The van der Waals surface area contributed by atoms with Crippen molar-refractivity contribution in [1.82, 2.24) is 10.2 Å². The number of anilines is 1. The van der Waals surface area contributed by atoms with Crippen molar-refractivity contribution >= 4 is 23.5 Å². The molecule has 2 N–H and O–H groups in total. The largest absolute Gasteiger partial charge is 0.466 e. The number of nitrogens with one attached hydrogen (secondary N) is 2. The topological polar surface area (TPSA) is 91.7 Å². The number of alkyl halides is 3. The summed E-state index contributed by atoms with van der Waals surface area (Å²) < 4.78 is 43.3. The second-order valence-electron chi connectivity index (χ2n) is 6.05. The molecule has 27 heavy (non-hydrogen) atoms. The van der Waals surface area contributed by atoms with Crippen LogP contribution in [0.5, 0.6) is 0 Å². The molecule has 0 aliphatic carbocycles. The van der Waals surface area contributed by atoms with Crippen LogP contribution in [0.2, 0.25) is 0 Å². The lowest BCUT2D eigenvalue weighted by atomic mass is 9.99. The molecule has 0 bridgehead atoms. The van der Waals surface area contributed by atoms with E-state index >= 15 is 0 Å². The Labute approximate surface area is 151 Å². The van der Waals surface area contributed by atoms with Crippen molar-refractivity contribution in [3.8, 4) is 0 Å². The lowest BCUT2D eigenvalue weighted by molar-refractivity contribution is -0.137. The zero-order valence-electron chi connectivity index (χ0n) is 14.0. The summed E-state index contributed by atoms with van der Waals surface area (Å²) in [6.45, 7) is 0.772. The highest BCUT2D eigenvalue weighted by Crippen LogP contribution is 2.31. The second kappa shape index (κ2) is 6.45. The van der Waals surface area contributed by atoms with E-state index in [9.17, 15) is 27.6 Å². The predicted octanol–water partition coefficient (Wildman–Crippen LogP) is 2.70. The summed E-state index contributed by atoms with van der Waals surface area (Å²) in [4.78, 5) is 37.5. The van der Waals surface area contributed by atoms with Crippen LogP contribution < -0.4 is 10.6 Å². The number of hydrogen-bond acceptors (Lipinski definition) is 4. The molecule has 3 rings (SSSR count). The van der Waals surface area contributed by atoms with Gasteiger partial charge in [0.1, 0.15) is 12.3 Å². The van der Waals surface area contributed by atoms with Crippen molar-refractivity contribution in [2.75, 3.05) is 11.9 Å². The predicted molar refractivity (Wildman–Crippen MR) is 86.4 cm³/mol. The van der Waals surface area contributed by atoms with Crippen LogP contribution >= 0.6 is 0 Å². The highest BCUT2D eigenvalue weighted by molar-refractivity contribution is 6.10. The maximum atomic E-state index is 12.7. The normalized spacial score (nSPS) is 19.9. The molecule has 1 aliphatic heterocycles. The third kappa shape index (κ3) is 3.50. The van der Waals surface area contributed by atoms with E-state index in [-0.39, 0.29) is 11.4 Å². The molecule has 1 fully saturated rings. The van der Waals surface area contributed by atoms with E-state index in [1.807, 2.05) is 0 Å². The van der Waals surface area contributed by atoms with E-state index in [0.29, 0.717) is 4.90 Å². The van der Waals surface area contributed by atoms with Crippen LogP contribution in [0.4, 0.5) is 23.7 Å². The minimum atomic E-state index is -4.56. The minimum absolute atomic E-state index is 0.101. The van der Waals surface area contributed by atoms with E-state index in [0.717, 1.165) is 18.2 Å². The van der Waals surface area contributed by atoms with Crippen molar-refractivity contribution in [3.63, 3.8) is 0 Å². The van der Waals surface area contributed by atoms with Crippen LogP contribution in [-0.2, 0) is 21.3 Å². The Bertz CT molecular complexity index is 895. The number of amides is 4. The summed E-state index contributed by atoms with van der Waals surface area (Å²) in [5.41, 5.74) is -2.49. The number of urea groups is 1. The number of furan rings is 1. The SMILES string of the molecule is CC1(c2ccco2)NC(=O)N(CC(=O)Nc2cccc(C(F)(F)F)c2)C1=O. The molecule has 1 aliphatic rings. The van der Waals surface area contributed by atoms with Gasteiger partial charge in [-0.2, -0.15) is 13.2 Å². The van der Waals surface area contributed by atoms with Gasteiger partial charge in [-0.15, -0.1) is 0 Å². The monoisotopic (exact) mass is 381 g/mol. The first-order valence-corrected chi connectivity index (χ1v) is 7.76. The molecule has 1 aromatic heterocycles. The van der Waals surface area contributed by atoms with Gasteiger partial charge < -0.3 is 15.1 Å². The number of nitrogens with zero attached hydrogens (tertiary/aromatic N) is 1. The quantitative estimate of drug-likeness (QED) is 0.797. The maximum Gasteiger partial charge on any atom is 0.416 e. The van der Waals surface area contributed by atoms with Gasteiger partial charge in [-0.05, 0) is 37.3 Å². The van der Waals surface area contributed by atoms with Gasteiger partial charge in [0, 0.05) is 5.69 Å². The highest BCUT2D eigenvalue weighted by Gasteiger charge is 2.51. The lowest BCUT2D eigenvalue weighted by Crippen LogP contribution is -2.41. The second-order valence-corrected chi connectivity index (χ2v) is 6.05. The van der Waals surface area contributed by atoms with Crippen molar-refractivity contribution in [3.05, 3.63) is 54.0 Å². The maximum absolute atomic E-state index is 12.7. The Hall–Kier alpha value is -3.30. The molecule has 142 valence electrons. The molecule has 1 aromatic carbocycles. The summed E-state index contributed by atoms with van der Waals surface area (Å²) in [5, 5.41) is 4.69. The third-order valence-electron chi connectivity index (χ3n) is 4.06. The van der Waals surface area contributed by atoms with Crippen molar-refractivity contribution in [1.29, 1.82) is 0 Å². The van der Waals surface area contributed by atoms with Crippen LogP contribution in [0, 0.1) is 0 Å². The number of rotatable bonds is 4. The fourth-order valence-electron chi connectivity index (χ4n) is 2.69. The van der Waals surface area contributed by atoms with Crippen molar-refractivity contribution in [2.45, 2.75) is 18.6 Å². The molecule has 1 saturated heterocycles. The van der Waals surface area contributed by atoms with E-state index < -0.39 is 41.7 Å². The average Bonchev–Trinajstić information content (AvgIpc) is 3.19. The first kappa shape index (κ1) is 18.5. The Morgan fingerprint density at radius 2 is 2.00 bits per heavy atom. The molecule has 1 atom stereocenters. The number of carbonyl (C=O) groups is 3. The van der Waals surface area contributed by atoms with Gasteiger partial charge in [-0.3, -0.25) is 14.5 Å². The summed E-state index contributed by atoms with van der Waals surface area (Å²) in [7, 11) is 0. The van der Waals surface area contributed by atoms with Gasteiger partial charge in [0.15, 0.2) is 5.54 Å². The Morgan fingerprint density at radius 1 is 1.26 bits per heavy atom. The number of imide groups is 1. The van der Waals surface area contributed by atoms with Gasteiger partial charge in [0.25, 0.3) is 5.91 Å². The standard InChI is InChI=1S/C17H14F3N3O4/c1-16(12-6-3-7-27-12)14(25)23(15(26)22-16)9-13(24)21-11-5-2-4-10(8-11)17(18,19)20/h2-8H,9H2,1H3,(H,21,24)(H,22,26). The minimum Gasteiger partial charge on any atom is -0.466 e. The highest BCUT2D eigenvalue weighted by atomic mass is 19.4. The molecule has 0 radical (unpaired) electrons. The molecule has 10 heteroatoms. The summed E-state index contributed by atoms with van der Waals surface area (Å²) in [5.74, 6) is -1.33. The summed E-state index contributed by atoms with van der Waals surface area (Å²) in [6, 6.07) is 6.27. The molecule has 2 heterocycles. The number of hydrogen-bond donors (Lipinski definition) is 2. The molecule has 7 nitrogen and oxygen atoms in total. The third-order valence-corrected chi connectivity index (χ3v) is 4.06. The smallest absolute Gasteiger partial charge is 0.416 e. The van der Waals surface area contributed by atoms with Crippen LogP contribution in [0.25, 0.3) is 0 Å². The van der Waals surface area contributed by atoms with Gasteiger partial charge in [0.05, 0.1) is 11.8 Å². The number of halogens is 3. The molecule has 1 unspecified atom stereocenters. The van der Waals surface area contributed by atoms with Gasteiger partial charge in [-0.1, -0.05) is 6.07 Å². The zero-order chi connectivity index (χ0) is 19.8. The Morgan fingerprint density at radius 3 is 2.63 bits per heavy atom. The lowest BCUT2D eigenvalue weighted by Gasteiger charge is -2.18. The summed E-state index contributed by atoms with van der Waals surface area (Å²) in [6.07, 6.45) is -3.22. The Balaban J connectivity index is 1.71. The fraction of sp³-hybridized carbons (Fsp3) is 0.235. The van der Waals surface area contributed by atoms with Crippen LogP contribution in [0.15, 0.2) is 47.1 Å². The van der Waals surface area contributed by atoms with E-state index in [4.69, 9.17) is 4.42 Å². The first-order valence-electron chi connectivity index (χ1n) is 7.76. The van der Waals surface area contributed by atoms with E-state index in [1.165, 1.54) is 25.3 Å². The first-order chi connectivity index (χ1) is 12.6. The fourth-order valence-corrected chi connectivity index (χ4v) is 2.69.